The van der Waals surface area contributed by atoms with Crippen molar-refractivity contribution in [2.45, 2.75) is 38.1 Å². The summed E-state index contributed by atoms with van der Waals surface area (Å²) < 4.78 is 9.62. The van der Waals surface area contributed by atoms with E-state index in [2.05, 4.69) is 10.6 Å². The van der Waals surface area contributed by atoms with Gasteiger partial charge in [0.1, 0.15) is 6.04 Å². The molecule has 0 rings (SSSR count). The Balaban J connectivity index is 3.83. The molecule has 0 aromatic heterocycles. The van der Waals surface area contributed by atoms with Crippen molar-refractivity contribution < 1.29 is 29.0 Å². The first-order valence-corrected chi connectivity index (χ1v) is 8.76. The lowest BCUT2D eigenvalue weighted by Gasteiger charge is -2.14. The Morgan fingerprint density at radius 1 is 0.917 bits per heavy atom. The molecule has 0 aromatic carbocycles. The maximum Gasteiger partial charge on any atom is 0.407 e. The zero-order valence-corrected chi connectivity index (χ0v) is 14.9. The molecule has 140 valence electrons. The molecule has 0 aliphatic heterocycles. The van der Waals surface area contributed by atoms with Gasteiger partial charge in [0, 0.05) is 18.3 Å². The molecule has 1 unspecified atom stereocenters. The number of halogens is 2. The third-order valence-corrected chi connectivity index (χ3v) is 3.34. The van der Waals surface area contributed by atoms with Gasteiger partial charge in [0.2, 0.25) is 0 Å². The maximum atomic E-state index is 11.4. The number of ether oxygens (including phenoxy) is 2. The van der Waals surface area contributed by atoms with Crippen molar-refractivity contribution in [2.24, 2.45) is 0 Å². The Hall–Kier alpha value is -1.41. The van der Waals surface area contributed by atoms with Gasteiger partial charge in [-0.1, -0.05) is 0 Å². The summed E-state index contributed by atoms with van der Waals surface area (Å²) in [5.74, 6) is -0.361. The monoisotopic (exact) mass is 386 g/mol. The van der Waals surface area contributed by atoms with Crippen LogP contribution < -0.4 is 10.6 Å². The third kappa shape index (κ3) is 13.1. The van der Waals surface area contributed by atoms with Crippen molar-refractivity contribution in [1.82, 2.24) is 10.6 Å². The first-order valence-electron chi connectivity index (χ1n) is 7.70. The summed E-state index contributed by atoms with van der Waals surface area (Å²) in [6, 6.07) is -1.04. The molecule has 2 amide bonds. The number of alkyl halides is 2. The Kier molecular flexibility index (Phi) is 14.2. The van der Waals surface area contributed by atoms with Crippen molar-refractivity contribution in [1.29, 1.82) is 0 Å². The average Bonchev–Trinajstić information content (AvgIpc) is 2.53. The van der Waals surface area contributed by atoms with E-state index in [0.717, 1.165) is 0 Å². The smallest absolute Gasteiger partial charge is 0.407 e. The Labute approximate surface area is 151 Å². The first kappa shape index (κ1) is 22.6. The summed E-state index contributed by atoms with van der Waals surface area (Å²) in [6.45, 7) is 0.746. The van der Waals surface area contributed by atoms with E-state index in [1.807, 2.05) is 0 Å². The zero-order valence-electron chi connectivity index (χ0n) is 13.4. The van der Waals surface area contributed by atoms with E-state index in [0.29, 0.717) is 44.0 Å². The molecule has 0 aliphatic carbocycles. The average molecular weight is 387 g/mol. The van der Waals surface area contributed by atoms with Gasteiger partial charge < -0.3 is 25.2 Å². The summed E-state index contributed by atoms with van der Waals surface area (Å²) in [5.41, 5.74) is 0. The maximum absolute atomic E-state index is 11.4. The predicted molar refractivity (Wildman–Crippen MR) is 89.8 cm³/mol. The van der Waals surface area contributed by atoms with E-state index < -0.39 is 24.2 Å². The van der Waals surface area contributed by atoms with Gasteiger partial charge in [0.25, 0.3) is 0 Å². The van der Waals surface area contributed by atoms with E-state index >= 15 is 0 Å². The van der Waals surface area contributed by atoms with Crippen molar-refractivity contribution in [3.63, 3.8) is 0 Å². The lowest BCUT2D eigenvalue weighted by atomic mass is 10.1. The lowest BCUT2D eigenvalue weighted by Crippen LogP contribution is -2.41. The van der Waals surface area contributed by atoms with Crippen LogP contribution in [0.1, 0.15) is 32.1 Å². The van der Waals surface area contributed by atoms with E-state index in [1.54, 1.807) is 0 Å². The molecular weight excluding hydrogens is 363 g/mol. The second kappa shape index (κ2) is 15.1. The number of carboxylic acids is 1. The summed E-state index contributed by atoms with van der Waals surface area (Å²) >= 11 is 10.9. The molecule has 0 heterocycles. The van der Waals surface area contributed by atoms with E-state index in [4.69, 9.17) is 37.8 Å². The molecule has 8 nitrogen and oxygen atoms in total. The standard InChI is InChI=1S/C14H24Cl2N2O6/c15-6-3-9-23-13(21)17-8-2-1-5-11(12(19)20)18-14(22)24-10-4-7-16/h11H,1-10H2,(H,17,21)(H,18,22)(H,19,20). The molecule has 0 bridgehead atoms. The highest BCUT2D eigenvalue weighted by Crippen LogP contribution is 2.02. The highest BCUT2D eigenvalue weighted by atomic mass is 35.5. The molecule has 1 atom stereocenters. The minimum absolute atomic E-state index is 0.136. The molecular formula is C14H24Cl2N2O6. The quantitative estimate of drug-likeness (QED) is 0.330. The van der Waals surface area contributed by atoms with E-state index in [9.17, 15) is 14.4 Å². The lowest BCUT2D eigenvalue weighted by molar-refractivity contribution is -0.139. The van der Waals surface area contributed by atoms with E-state index in [1.165, 1.54) is 0 Å². The summed E-state index contributed by atoms with van der Waals surface area (Å²) in [7, 11) is 0. The molecule has 3 N–H and O–H groups in total. The van der Waals surface area contributed by atoms with Crippen LogP contribution in [-0.2, 0) is 14.3 Å². The second-order valence-electron chi connectivity index (χ2n) is 4.81. The van der Waals surface area contributed by atoms with Crippen LogP contribution in [0, 0.1) is 0 Å². The van der Waals surface area contributed by atoms with Crippen LogP contribution in [0.2, 0.25) is 0 Å². The van der Waals surface area contributed by atoms with Crippen molar-refractivity contribution in [3.05, 3.63) is 0 Å². The van der Waals surface area contributed by atoms with Crippen LogP contribution in [0.3, 0.4) is 0 Å². The number of amides is 2. The van der Waals surface area contributed by atoms with Crippen molar-refractivity contribution in [3.8, 4) is 0 Å². The van der Waals surface area contributed by atoms with Crippen LogP contribution in [0.25, 0.3) is 0 Å². The summed E-state index contributed by atoms with van der Waals surface area (Å²) in [5, 5.41) is 13.9. The summed E-state index contributed by atoms with van der Waals surface area (Å²) in [6.07, 6.45) is 1.05. The fraction of sp³-hybridized carbons (Fsp3) is 0.786. The number of carboxylic acid groups (broad SMARTS) is 1. The van der Waals surface area contributed by atoms with Gasteiger partial charge in [0.05, 0.1) is 13.2 Å². The Bertz CT molecular complexity index is 384. The fourth-order valence-corrected chi connectivity index (χ4v) is 1.81. The van der Waals surface area contributed by atoms with Gasteiger partial charge in [-0.2, -0.15) is 0 Å². The van der Waals surface area contributed by atoms with Gasteiger partial charge in [-0.3, -0.25) is 0 Å². The normalized spacial score (nSPS) is 11.4. The van der Waals surface area contributed by atoms with E-state index in [-0.39, 0.29) is 19.6 Å². The van der Waals surface area contributed by atoms with Gasteiger partial charge in [-0.05, 0) is 32.1 Å². The number of nitrogens with one attached hydrogen (secondary N) is 2. The molecule has 10 heteroatoms. The largest absolute Gasteiger partial charge is 0.480 e. The third-order valence-electron chi connectivity index (χ3n) is 2.80. The summed E-state index contributed by atoms with van der Waals surface area (Å²) in [4.78, 5) is 33.7. The zero-order chi connectivity index (χ0) is 18.2. The van der Waals surface area contributed by atoms with Gasteiger partial charge in [-0.25, -0.2) is 14.4 Å². The minimum atomic E-state index is -1.14. The van der Waals surface area contributed by atoms with Crippen molar-refractivity contribution >= 4 is 41.4 Å². The molecule has 24 heavy (non-hydrogen) atoms. The number of alkyl carbamates (subject to hydrolysis) is 2. The van der Waals surface area contributed by atoms with Crippen LogP contribution in [0.15, 0.2) is 0 Å². The fourth-order valence-electron chi connectivity index (χ4n) is 1.60. The van der Waals surface area contributed by atoms with Crippen molar-refractivity contribution in [2.75, 3.05) is 31.5 Å². The molecule has 0 aliphatic rings. The highest BCUT2D eigenvalue weighted by molar-refractivity contribution is 6.18. The van der Waals surface area contributed by atoms with Crippen LogP contribution in [0.5, 0.6) is 0 Å². The molecule has 0 fully saturated rings. The first-order chi connectivity index (χ1) is 11.5. The van der Waals surface area contributed by atoms with Crippen LogP contribution >= 0.6 is 23.2 Å². The Morgan fingerprint density at radius 2 is 1.50 bits per heavy atom. The number of rotatable bonds is 13. The number of unbranched alkanes of at least 4 members (excludes halogenated alkanes) is 1. The number of aliphatic carboxylic acids is 1. The Morgan fingerprint density at radius 3 is 2.04 bits per heavy atom. The molecule has 0 spiro atoms. The van der Waals surface area contributed by atoms with Gasteiger partial charge in [0.15, 0.2) is 0 Å². The number of carbonyl (C=O) groups excluding carboxylic acids is 2. The second-order valence-corrected chi connectivity index (χ2v) is 5.57. The molecule has 0 saturated heterocycles. The number of hydrogen-bond donors (Lipinski definition) is 3. The van der Waals surface area contributed by atoms with Crippen LogP contribution in [0.4, 0.5) is 9.59 Å². The number of hydrogen-bond acceptors (Lipinski definition) is 5. The molecule has 0 radical (unpaired) electrons. The van der Waals surface area contributed by atoms with Gasteiger partial charge in [-0.15, -0.1) is 23.2 Å². The molecule has 0 aromatic rings. The predicted octanol–water partition coefficient (Wildman–Crippen LogP) is 2.32. The topological polar surface area (TPSA) is 114 Å². The van der Waals surface area contributed by atoms with Crippen LogP contribution in [-0.4, -0.2) is 60.8 Å². The minimum Gasteiger partial charge on any atom is -0.480 e. The highest BCUT2D eigenvalue weighted by Gasteiger charge is 2.20. The molecule has 0 saturated carbocycles. The van der Waals surface area contributed by atoms with Gasteiger partial charge >= 0.3 is 18.2 Å². The number of carbonyl (C=O) groups is 3. The SMILES string of the molecule is O=C(NCCCCC(NC(=O)OCCCCl)C(=O)O)OCCCCl.